The molecule has 4 rings (SSSR count). The third-order valence-corrected chi connectivity index (χ3v) is 4.27. The minimum absolute atomic E-state index is 0.593. The third-order valence-electron chi connectivity index (χ3n) is 4.27. The number of hydrogen-bond donors (Lipinski definition) is 1. The number of hydrogen-bond acceptors (Lipinski definition) is 4. The molecule has 0 spiro atoms. The number of aromatic nitrogens is 2. The van der Waals surface area contributed by atoms with Crippen molar-refractivity contribution in [3.05, 3.63) is 53.9 Å². The molecule has 2 heterocycles. The fourth-order valence-electron chi connectivity index (χ4n) is 3.08. The van der Waals surface area contributed by atoms with Crippen molar-refractivity contribution in [1.29, 1.82) is 0 Å². The number of ether oxygens (including phenoxy) is 2. The molecule has 0 bridgehead atoms. The fourth-order valence-corrected chi connectivity index (χ4v) is 3.08. The molecule has 0 fully saturated rings. The molecule has 5 nitrogen and oxygen atoms in total. The van der Waals surface area contributed by atoms with Gasteiger partial charge in [0.15, 0.2) is 11.5 Å². The van der Waals surface area contributed by atoms with Crippen LogP contribution in [0.1, 0.15) is 11.4 Å². The molecule has 24 heavy (non-hydrogen) atoms. The summed E-state index contributed by atoms with van der Waals surface area (Å²) in [5, 5.41) is 3.20. The van der Waals surface area contributed by atoms with Crippen molar-refractivity contribution in [2.24, 2.45) is 0 Å². The summed E-state index contributed by atoms with van der Waals surface area (Å²) in [6, 6.07) is 14.5. The molecule has 1 aliphatic rings. The summed E-state index contributed by atoms with van der Waals surface area (Å²) in [4.78, 5) is 4.84. The summed E-state index contributed by atoms with van der Waals surface area (Å²) >= 11 is 0. The second-order valence-corrected chi connectivity index (χ2v) is 5.94. The Morgan fingerprint density at radius 1 is 1.08 bits per heavy atom. The number of rotatable bonds is 5. The normalized spacial score (nSPS) is 13.4. The highest BCUT2D eigenvalue weighted by Crippen LogP contribution is 2.35. The van der Waals surface area contributed by atoms with Crippen LogP contribution in [0.25, 0.3) is 11.0 Å². The first-order chi connectivity index (χ1) is 11.8. The van der Waals surface area contributed by atoms with E-state index >= 15 is 0 Å². The molecule has 0 unspecified atom stereocenters. The van der Waals surface area contributed by atoms with Crippen molar-refractivity contribution in [3.8, 4) is 11.5 Å². The Morgan fingerprint density at radius 2 is 1.83 bits per heavy atom. The second kappa shape index (κ2) is 6.53. The lowest BCUT2D eigenvalue weighted by molar-refractivity contribution is 0.172. The molecule has 3 aromatic rings. The number of likely N-dealkylation sites (N-methyl/N-ethyl adjacent to an activating group) is 1. The van der Waals surface area contributed by atoms with Crippen LogP contribution in [0.5, 0.6) is 11.5 Å². The maximum absolute atomic E-state index is 5.75. The van der Waals surface area contributed by atoms with E-state index in [2.05, 4.69) is 40.2 Å². The maximum Gasteiger partial charge on any atom is 0.163 e. The van der Waals surface area contributed by atoms with Gasteiger partial charge in [0, 0.05) is 31.6 Å². The van der Waals surface area contributed by atoms with E-state index in [9.17, 15) is 0 Å². The van der Waals surface area contributed by atoms with Gasteiger partial charge in [-0.2, -0.15) is 0 Å². The van der Waals surface area contributed by atoms with Crippen LogP contribution in [0.15, 0.2) is 42.5 Å². The van der Waals surface area contributed by atoms with Gasteiger partial charge in [0.25, 0.3) is 0 Å². The van der Waals surface area contributed by atoms with E-state index in [1.165, 1.54) is 5.56 Å². The van der Waals surface area contributed by atoms with Gasteiger partial charge in [-0.1, -0.05) is 30.3 Å². The van der Waals surface area contributed by atoms with Gasteiger partial charge >= 0.3 is 0 Å². The molecule has 2 aromatic carbocycles. The predicted octanol–water partition coefficient (Wildman–Crippen LogP) is 2.62. The molecular formula is C19H21N3O2. The van der Waals surface area contributed by atoms with Crippen LogP contribution in [-0.2, 0) is 13.0 Å². The molecule has 0 radical (unpaired) electrons. The zero-order valence-electron chi connectivity index (χ0n) is 13.8. The molecule has 1 aromatic heterocycles. The van der Waals surface area contributed by atoms with Gasteiger partial charge in [-0.15, -0.1) is 0 Å². The molecule has 0 aliphatic carbocycles. The van der Waals surface area contributed by atoms with Crippen molar-refractivity contribution in [2.45, 2.75) is 13.0 Å². The summed E-state index contributed by atoms with van der Waals surface area (Å²) in [5.41, 5.74) is 3.31. The van der Waals surface area contributed by atoms with Gasteiger partial charge in [-0.3, -0.25) is 0 Å². The summed E-state index contributed by atoms with van der Waals surface area (Å²) in [5.74, 6) is 2.67. The van der Waals surface area contributed by atoms with Gasteiger partial charge in [0.05, 0.1) is 11.0 Å². The highest BCUT2D eigenvalue weighted by Gasteiger charge is 2.18. The van der Waals surface area contributed by atoms with E-state index in [0.717, 1.165) is 47.9 Å². The van der Waals surface area contributed by atoms with E-state index in [4.69, 9.17) is 14.5 Å². The topological polar surface area (TPSA) is 48.3 Å². The van der Waals surface area contributed by atoms with Crippen LogP contribution in [0, 0.1) is 0 Å². The monoisotopic (exact) mass is 323 g/mol. The van der Waals surface area contributed by atoms with Gasteiger partial charge < -0.3 is 19.4 Å². The summed E-state index contributed by atoms with van der Waals surface area (Å²) in [6.07, 6.45) is 0.879. The van der Waals surface area contributed by atoms with Gasteiger partial charge in [-0.25, -0.2) is 4.98 Å². The standard InChI is InChI=1S/C19H21N3O2/c1-20-8-7-19-21-15-11-17-18(24-10-9-23-17)12-16(15)22(19)13-14-5-3-2-4-6-14/h2-6,11-12,20H,7-10,13H2,1H3. The highest BCUT2D eigenvalue weighted by molar-refractivity contribution is 5.81. The molecule has 124 valence electrons. The van der Waals surface area contributed by atoms with Crippen molar-refractivity contribution in [2.75, 3.05) is 26.8 Å². The lowest BCUT2D eigenvalue weighted by Crippen LogP contribution is -2.15. The predicted molar refractivity (Wildman–Crippen MR) is 93.9 cm³/mol. The van der Waals surface area contributed by atoms with Gasteiger partial charge in [0.2, 0.25) is 0 Å². The van der Waals surface area contributed by atoms with E-state index in [-0.39, 0.29) is 0 Å². The zero-order valence-corrected chi connectivity index (χ0v) is 13.8. The van der Waals surface area contributed by atoms with Crippen molar-refractivity contribution in [3.63, 3.8) is 0 Å². The van der Waals surface area contributed by atoms with Crippen LogP contribution < -0.4 is 14.8 Å². The third kappa shape index (κ3) is 2.83. The van der Waals surface area contributed by atoms with E-state index in [1.807, 2.05) is 19.2 Å². The molecule has 0 saturated heterocycles. The fraction of sp³-hybridized carbons (Fsp3) is 0.316. The van der Waals surface area contributed by atoms with Crippen LogP contribution >= 0.6 is 0 Å². The number of imidazole rings is 1. The molecule has 0 amide bonds. The van der Waals surface area contributed by atoms with Crippen molar-refractivity contribution < 1.29 is 9.47 Å². The number of nitrogens with one attached hydrogen (secondary N) is 1. The Balaban J connectivity index is 1.80. The first-order valence-corrected chi connectivity index (χ1v) is 8.32. The van der Waals surface area contributed by atoms with Crippen molar-refractivity contribution in [1.82, 2.24) is 14.9 Å². The summed E-state index contributed by atoms with van der Waals surface area (Å²) in [6.45, 7) is 2.88. The number of benzene rings is 2. The van der Waals surface area contributed by atoms with Crippen LogP contribution in [0.2, 0.25) is 0 Å². The molecule has 1 N–H and O–H groups in total. The lowest BCUT2D eigenvalue weighted by Gasteiger charge is -2.18. The Bertz CT molecular complexity index is 843. The Labute approximate surface area is 141 Å². The lowest BCUT2D eigenvalue weighted by atomic mass is 10.2. The molecule has 1 aliphatic heterocycles. The molecule has 0 saturated carbocycles. The molecular weight excluding hydrogens is 302 g/mol. The van der Waals surface area contributed by atoms with Crippen LogP contribution in [0.3, 0.4) is 0 Å². The minimum Gasteiger partial charge on any atom is -0.486 e. The maximum atomic E-state index is 5.75. The minimum atomic E-state index is 0.593. The Hall–Kier alpha value is -2.53. The highest BCUT2D eigenvalue weighted by atomic mass is 16.6. The first kappa shape index (κ1) is 15.0. The smallest absolute Gasteiger partial charge is 0.163 e. The SMILES string of the molecule is CNCCc1nc2cc3c(cc2n1Cc1ccccc1)OCCO3. The second-order valence-electron chi connectivity index (χ2n) is 5.94. The van der Waals surface area contributed by atoms with E-state index in [0.29, 0.717) is 13.2 Å². The first-order valence-electron chi connectivity index (χ1n) is 8.32. The quantitative estimate of drug-likeness (QED) is 0.784. The van der Waals surface area contributed by atoms with E-state index < -0.39 is 0 Å². The molecule has 0 atom stereocenters. The largest absolute Gasteiger partial charge is 0.486 e. The van der Waals surface area contributed by atoms with Gasteiger partial charge in [-0.05, 0) is 12.6 Å². The number of fused-ring (bicyclic) bond motifs is 2. The van der Waals surface area contributed by atoms with Gasteiger partial charge in [0.1, 0.15) is 19.0 Å². The van der Waals surface area contributed by atoms with E-state index in [1.54, 1.807) is 0 Å². The number of nitrogens with zero attached hydrogens (tertiary/aromatic N) is 2. The van der Waals surface area contributed by atoms with Crippen LogP contribution in [0.4, 0.5) is 0 Å². The average Bonchev–Trinajstić information content (AvgIpc) is 2.95. The molecule has 5 heteroatoms. The Kier molecular flexibility index (Phi) is 4.09. The summed E-state index contributed by atoms with van der Waals surface area (Å²) in [7, 11) is 1.96. The zero-order chi connectivity index (χ0) is 16.4. The average molecular weight is 323 g/mol. The summed E-state index contributed by atoms with van der Waals surface area (Å²) < 4.78 is 13.7. The van der Waals surface area contributed by atoms with Crippen LogP contribution in [-0.4, -0.2) is 36.4 Å². The Morgan fingerprint density at radius 3 is 2.58 bits per heavy atom. The van der Waals surface area contributed by atoms with Crippen molar-refractivity contribution >= 4 is 11.0 Å².